The quantitative estimate of drug-likeness (QED) is 0.707. The fourth-order valence-corrected chi connectivity index (χ4v) is 3.46. The van der Waals surface area contributed by atoms with Crippen LogP contribution in [0, 0.1) is 0 Å². The summed E-state index contributed by atoms with van der Waals surface area (Å²) >= 11 is 0. The molecule has 1 heteroatoms. The van der Waals surface area contributed by atoms with Crippen molar-refractivity contribution < 1.29 is 0 Å². The Kier molecular flexibility index (Phi) is 4.82. The summed E-state index contributed by atoms with van der Waals surface area (Å²) in [6.45, 7) is 2.28. The number of rotatable bonds is 7. The zero-order valence-electron chi connectivity index (χ0n) is 11.9. The first-order valence-corrected chi connectivity index (χ1v) is 7.56. The first-order chi connectivity index (χ1) is 8.83. The zero-order valence-corrected chi connectivity index (χ0v) is 11.9. The van der Waals surface area contributed by atoms with Crippen molar-refractivity contribution in [2.75, 3.05) is 7.05 Å². The molecular formula is C17H27N. The summed E-state index contributed by atoms with van der Waals surface area (Å²) in [7, 11) is 2.14. The second kappa shape index (κ2) is 6.38. The number of hydrogen-bond acceptors (Lipinski definition) is 1. The van der Waals surface area contributed by atoms with E-state index in [4.69, 9.17) is 0 Å². The molecular weight excluding hydrogens is 218 g/mol. The van der Waals surface area contributed by atoms with E-state index in [0.29, 0.717) is 11.5 Å². The number of hydrogen-bond donors (Lipinski definition) is 1. The van der Waals surface area contributed by atoms with Gasteiger partial charge in [0.15, 0.2) is 0 Å². The van der Waals surface area contributed by atoms with Crippen molar-refractivity contribution in [1.29, 1.82) is 0 Å². The van der Waals surface area contributed by atoms with Gasteiger partial charge in [0.25, 0.3) is 0 Å². The van der Waals surface area contributed by atoms with Crippen LogP contribution >= 0.6 is 0 Å². The molecule has 0 saturated heterocycles. The summed E-state index contributed by atoms with van der Waals surface area (Å²) < 4.78 is 0. The van der Waals surface area contributed by atoms with Crippen molar-refractivity contribution in [2.24, 2.45) is 0 Å². The first-order valence-electron chi connectivity index (χ1n) is 7.56. The lowest BCUT2D eigenvalue weighted by molar-refractivity contribution is 0.165. The minimum absolute atomic E-state index is 0.420. The molecule has 0 heterocycles. The van der Waals surface area contributed by atoms with Crippen LogP contribution in [0.25, 0.3) is 0 Å². The van der Waals surface area contributed by atoms with Gasteiger partial charge < -0.3 is 5.32 Å². The smallest absolute Gasteiger partial charge is 0.0161 e. The summed E-state index contributed by atoms with van der Waals surface area (Å²) in [6, 6.07) is 11.8. The average molecular weight is 245 g/mol. The highest BCUT2D eigenvalue weighted by Gasteiger charge is 2.44. The highest BCUT2D eigenvalue weighted by atomic mass is 14.9. The van der Waals surface area contributed by atoms with Gasteiger partial charge in [-0.05, 0) is 31.9 Å². The van der Waals surface area contributed by atoms with E-state index in [9.17, 15) is 0 Å². The Bertz CT molecular complexity index is 340. The monoisotopic (exact) mass is 245 g/mol. The predicted molar refractivity (Wildman–Crippen MR) is 79.0 cm³/mol. The van der Waals surface area contributed by atoms with E-state index in [-0.39, 0.29) is 0 Å². The third-order valence-corrected chi connectivity index (χ3v) is 4.71. The van der Waals surface area contributed by atoms with Gasteiger partial charge in [-0.25, -0.2) is 0 Å². The van der Waals surface area contributed by atoms with Gasteiger partial charge in [0.05, 0.1) is 0 Å². The normalized spacial score (nSPS) is 19.2. The molecule has 1 saturated carbocycles. The van der Waals surface area contributed by atoms with Crippen molar-refractivity contribution in [1.82, 2.24) is 5.32 Å². The van der Waals surface area contributed by atoms with Crippen molar-refractivity contribution in [3.63, 3.8) is 0 Å². The van der Waals surface area contributed by atoms with E-state index in [0.717, 1.165) is 0 Å². The van der Waals surface area contributed by atoms with Gasteiger partial charge in [0, 0.05) is 11.5 Å². The van der Waals surface area contributed by atoms with Crippen molar-refractivity contribution >= 4 is 0 Å². The predicted octanol–water partition coefficient (Wildman–Crippen LogP) is 4.28. The second-order valence-electron chi connectivity index (χ2n) is 5.71. The van der Waals surface area contributed by atoms with Gasteiger partial charge in [0.2, 0.25) is 0 Å². The fourth-order valence-electron chi connectivity index (χ4n) is 3.46. The van der Waals surface area contributed by atoms with Crippen molar-refractivity contribution in [3.05, 3.63) is 35.9 Å². The molecule has 0 bridgehead atoms. The van der Waals surface area contributed by atoms with Crippen molar-refractivity contribution in [3.8, 4) is 0 Å². The summed E-state index contributed by atoms with van der Waals surface area (Å²) in [5, 5.41) is 3.60. The van der Waals surface area contributed by atoms with Gasteiger partial charge in [-0.2, -0.15) is 0 Å². The van der Waals surface area contributed by atoms with E-state index in [1.54, 1.807) is 5.56 Å². The molecule has 2 rings (SSSR count). The number of unbranched alkanes of at least 4 members (excludes halogenated alkanes) is 2. The molecule has 1 aliphatic carbocycles. The van der Waals surface area contributed by atoms with Crippen LogP contribution in [0.3, 0.4) is 0 Å². The SMILES string of the molecule is CCCCCC(NC)C1(c2ccccc2)CCC1. The number of benzene rings is 1. The van der Waals surface area contributed by atoms with Gasteiger partial charge >= 0.3 is 0 Å². The van der Waals surface area contributed by atoms with E-state index >= 15 is 0 Å². The van der Waals surface area contributed by atoms with Gasteiger partial charge in [-0.3, -0.25) is 0 Å². The van der Waals surface area contributed by atoms with E-state index < -0.39 is 0 Å². The molecule has 1 unspecified atom stereocenters. The molecule has 18 heavy (non-hydrogen) atoms. The summed E-state index contributed by atoms with van der Waals surface area (Å²) in [5.41, 5.74) is 1.97. The maximum absolute atomic E-state index is 3.60. The van der Waals surface area contributed by atoms with Crippen LogP contribution in [0.1, 0.15) is 57.4 Å². The van der Waals surface area contributed by atoms with Crippen LogP contribution < -0.4 is 5.32 Å². The Morgan fingerprint density at radius 3 is 2.39 bits per heavy atom. The molecule has 0 amide bonds. The second-order valence-corrected chi connectivity index (χ2v) is 5.71. The molecule has 100 valence electrons. The van der Waals surface area contributed by atoms with Crippen LogP contribution in [0.5, 0.6) is 0 Å². The molecule has 0 aromatic heterocycles. The van der Waals surface area contributed by atoms with Crippen LogP contribution in [-0.4, -0.2) is 13.1 Å². The first kappa shape index (κ1) is 13.6. The Morgan fingerprint density at radius 2 is 1.89 bits per heavy atom. The van der Waals surface area contributed by atoms with Gasteiger partial charge in [-0.1, -0.05) is 62.9 Å². The maximum Gasteiger partial charge on any atom is 0.0161 e. The lowest BCUT2D eigenvalue weighted by Crippen LogP contribution is -2.51. The molecule has 0 aliphatic heterocycles. The molecule has 1 N–H and O–H groups in total. The standard InChI is InChI=1S/C17H27N/c1-3-4-6-12-16(18-2)17(13-9-14-17)15-10-7-5-8-11-15/h5,7-8,10-11,16,18H,3-4,6,9,12-14H2,1-2H3. The molecule has 1 aliphatic rings. The van der Waals surface area contributed by atoms with Crippen LogP contribution in [0.2, 0.25) is 0 Å². The van der Waals surface area contributed by atoms with Crippen molar-refractivity contribution in [2.45, 2.75) is 63.3 Å². The summed E-state index contributed by atoms with van der Waals surface area (Å²) in [5.74, 6) is 0. The Morgan fingerprint density at radius 1 is 1.17 bits per heavy atom. The van der Waals surface area contributed by atoms with E-state index in [1.165, 1.54) is 44.9 Å². The highest BCUT2D eigenvalue weighted by Crippen LogP contribution is 2.47. The zero-order chi connectivity index (χ0) is 12.8. The molecule has 1 nitrogen and oxygen atoms in total. The van der Waals surface area contributed by atoms with Gasteiger partial charge in [-0.15, -0.1) is 0 Å². The summed E-state index contributed by atoms with van der Waals surface area (Å²) in [6.07, 6.45) is 9.46. The third-order valence-electron chi connectivity index (χ3n) is 4.71. The minimum Gasteiger partial charge on any atom is -0.316 e. The lowest BCUT2D eigenvalue weighted by atomic mass is 9.59. The maximum atomic E-state index is 3.60. The van der Waals surface area contributed by atoms with Crippen LogP contribution in [0.4, 0.5) is 0 Å². The highest BCUT2D eigenvalue weighted by molar-refractivity contribution is 5.30. The summed E-state index contributed by atoms with van der Waals surface area (Å²) in [4.78, 5) is 0. The van der Waals surface area contributed by atoms with Crippen LogP contribution in [-0.2, 0) is 5.41 Å². The largest absolute Gasteiger partial charge is 0.316 e. The Labute approximate surface area is 112 Å². The number of nitrogens with one attached hydrogen (secondary N) is 1. The Balaban J connectivity index is 2.10. The molecule has 1 atom stereocenters. The van der Waals surface area contributed by atoms with Crippen LogP contribution in [0.15, 0.2) is 30.3 Å². The molecule has 1 aromatic carbocycles. The fraction of sp³-hybridized carbons (Fsp3) is 0.647. The molecule has 0 radical (unpaired) electrons. The molecule has 0 spiro atoms. The minimum atomic E-state index is 0.420. The molecule has 1 fully saturated rings. The topological polar surface area (TPSA) is 12.0 Å². The van der Waals surface area contributed by atoms with Gasteiger partial charge in [0.1, 0.15) is 0 Å². The Hall–Kier alpha value is -0.820. The average Bonchev–Trinajstić information content (AvgIpc) is 2.37. The van der Waals surface area contributed by atoms with E-state index in [1.807, 2.05) is 0 Å². The number of likely N-dealkylation sites (N-methyl/N-ethyl adjacent to an activating group) is 1. The third kappa shape index (κ3) is 2.61. The van der Waals surface area contributed by atoms with E-state index in [2.05, 4.69) is 49.6 Å². The lowest BCUT2D eigenvalue weighted by Gasteiger charge is -2.48. The molecule has 1 aromatic rings.